The molecule has 28 heavy (non-hydrogen) atoms. The summed E-state index contributed by atoms with van der Waals surface area (Å²) in [6.45, 7) is 0.935. The van der Waals surface area contributed by atoms with E-state index in [0.29, 0.717) is 13.1 Å². The molecule has 2 unspecified atom stereocenters. The first-order chi connectivity index (χ1) is 13.5. The van der Waals surface area contributed by atoms with E-state index in [-0.39, 0.29) is 11.3 Å². The molecule has 2 aromatic carbocycles. The smallest absolute Gasteiger partial charge is 0.326 e. The quantitative estimate of drug-likeness (QED) is 0.773. The molecule has 1 saturated carbocycles. The molecule has 0 saturated heterocycles. The van der Waals surface area contributed by atoms with E-state index in [1.54, 1.807) is 4.90 Å². The van der Waals surface area contributed by atoms with Crippen LogP contribution in [0.25, 0.3) is 0 Å². The molecule has 2 aromatic rings. The average molecular weight is 378 g/mol. The highest BCUT2D eigenvalue weighted by atomic mass is 16.4. The Labute approximate surface area is 163 Å². The molecular weight excluding hydrogens is 356 g/mol. The first-order valence-electron chi connectivity index (χ1n) is 9.40. The standard InChI is InChI=1S/C22H22N2O4/c25-19(26)13-18(21(27)28)24-12-11-23-20(24)17-14-22(17,15-7-3-1-4-8-15)16-9-5-2-6-10-16/h1-10,17-18H,11-14H2,(H,25,26)(H,27,28). The third-order valence-corrected chi connectivity index (χ3v) is 5.79. The zero-order valence-corrected chi connectivity index (χ0v) is 15.4. The third kappa shape index (κ3) is 3.05. The third-order valence-electron chi connectivity index (χ3n) is 5.79. The zero-order valence-electron chi connectivity index (χ0n) is 15.4. The highest BCUT2D eigenvalue weighted by Crippen LogP contribution is 2.60. The lowest BCUT2D eigenvalue weighted by Crippen LogP contribution is -2.46. The van der Waals surface area contributed by atoms with Crippen molar-refractivity contribution < 1.29 is 19.8 Å². The van der Waals surface area contributed by atoms with Gasteiger partial charge in [-0.3, -0.25) is 9.79 Å². The molecular formula is C22H22N2O4. The highest BCUT2D eigenvalue weighted by molar-refractivity contribution is 5.95. The number of rotatable bonds is 7. The molecule has 6 nitrogen and oxygen atoms in total. The van der Waals surface area contributed by atoms with Gasteiger partial charge < -0.3 is 15.1 Å². The Balaban J connectivity index is 1.71. The number of amidine groups is 1. The van der Waals surface area contributed by atoms with E-state index in [0.717, 1.165) is 12.3 Å². The topological polar surface area (TPSA) is 90.2 Å². The Morgan fingerprint density at radius 3 is 2.11 bits per heavy atom. The van der Waals surface area contributed by atoms with E-state index in [1.807, 2.05) is 36.4 Å². The maximum atomic E-state index is 11.8. The molecule has 2 N–H and O–H groups in total. The molecule has 0 aromatic heterocycles. The maximum Gasteiger partial charge on any atom is 0.326 e. The minimum absolute atomic E-state index is 0.0374. The lowest BCUT2D eigenvalue weighted by Gasteiger charge is -2.28. The van der Waals surface area contributed by atoms with Crippen LogP contribution in [0.1, 0.15) is 24.0 Å². The predicted octanol–water partition coefficient (Wildman–Crippen LogP) is 2.63. The summed E-state index contributed by atoms with van der Waals surface area (Å²) < 4.78 is 0. The van der Waals surface area contributed by atoms with Crippen LogP contribution in [0, 0.1) is 5.92 Å². The fraction of sp³-hybridized carbons (Fsp3) is 0.318. The van der Waals surface area contributed by atoms with E-state index in [4.69, 9.17) is 5.11 Å². The van der Waals surface area contributed by atoms with Crippen molar-refractivity contribution in [3.8, 4) is 0 Å². The van der Waals surface area contributed by atoms with Crippen molar-refractivity contribution >= 4 is 17.8 Å². The molecule has 0 amide bonds. The van der Waals surface area contributed by atoms with Crippen LogP contribution in [-0.4, -0.2) is 52.0 Å². The molecule has 1 fully saturated rings. The van der Waals surface area contributed by atoms with Gasteiger partial charge in [0.05, 0.1) is 13.0 Å². The molecule has 144 valence electrons. The van der Waals surface area contributed by atoms with Gasteiger partial charge in [-0.2, -0.15) is 0 Å². The van der Waals surface area contributed by atoms with Crippen LogP contribution >= 0.6 is 0 Å². The van der Waals surface area contributed by atoms with Gasteiger partial charge in [-0.25, -0.2) is 4.79 Å². The highest BCUT2D eigenvalue weighted by Gasteiger charge is 2.60. The van der Waals surface area contributed by atoms with Gasteiger partial charge in [0.2, 0.25) is 0 Å². The van der Waals surface area contributed by atoms with Crippen LogP contribution < -0.4 is 0 Å². The number of hydrogen-bond donors (Lipinski definition) is 2. The fourth-order valence-corrected chi connectivity index (χ4v) is 4.45. The number of nitrogens with zero attached hydrogens (tertiary/aromatic N) is 2. The van der Waals surface area contributed by atoms with Gasteiger partial charge >= 0.3 is 11.9 Å². The molecule has 2 atom stereocenters. The summed E-state index contributed by atoms with van der Waals surface area (Å²) in [5.74, 6) is -1.48. The summed E-state index contributed by atoms with van der Waals surface area (Å²) in [4.78, 5) is 29.3. The fourth-order valence-electron chi connectivity index (χ4n) is 4.45. The summed E-state index contributed by atoms with van der Waals surface area (Å²) in [5, 5.41) is 18.8. The Morgan fingerprint density at radius 2 is 1.61 bits per heavy atom. The SMILES string of the molecule is O=C(O)CC(C(=O)O)N1CCN=C1C1CC1(c1ccccc1)c1ccccc1. The Kier molecular flexibility index (Phi) is 4.63. The van der Waals surface area contributed by atoms with Crippen molar-refractivity contribution in [3.05, 3.63) is 71.8 Å². The van der Waals surface area contributed by atoms with Crippen LogP contribution in [0.3, 0.4) is 0 Å². The Bertz CT molecular complexity index is 871. The normalized spacial score (nSPS) is 21.1. The van der Waals surface area contributed by atoms with Crippen molar-refractivity contribution in [1.82, 2.24) is 4.90 Å². The molecule has 1 aliphatic carbocycles. The molecule has 1 heterocycles. The first kappa shape index (κ1) is 18.2. The van der Waals surface area contributed by atoms with Crippen molar-refractivity contribution in [3.63, 3.8) is 0 Å². The second-order valence-corrected chi connectivity index (χ2v) is 7.35. The van der Waals surface area contributed by atoms with Crippen molar-refractivity contribution in [2.45, 2.75) is 24.3 Å². The molecule has 0 bridgehead atoms. The molecule has 0 spiro atoms. The van der Waals surface area contributed by atoms with E-state index in [2.05, 4.69) is 29.3 Å². The van der Waals surface area contributed by atoms with Crippen molar-refractivity contribution in [2.24, 2.45) is 10.9 Å². The lowest BCUT2D eigenvalue weighted by molar-refractivity contribution is -0.148. The van der Waals surface area contributed by atoms with Crippen LogP contribution in [0.2, 0.25) is 0 Å². The number of carboxylic acids is 2. The molecule has 0 radical (unpaired) electrons. The number of benzene rings is 2. The molecule has 1 aliphatic heterocycles. The number of carboxylic acid groups (broad SMARTS) is 2. The maximum absolute atomic E-state index is 11.8. The van der Waals surface area contributed by atoms with E-state index >= 15 is 0 Å². The molecule has 6 heteroatoms. The molecule has 2 aliphatic rings. The summed E-state index contributed by atoms with van der Waals surface area (Å²) in [7, 11) is 0. The minimum Gasteiger partial charge on any atom is -0.481 e. The monoisotopic (exact) mass is 378 g/mol. The van der Waals surface area contributed by atoms with Gasteiger partial charge in [-0.1, -0.05) is 60.7 Å². The van der Waals surface area contributed by atoms with Gasteiger partial charge in [0, 0.05) is 17.9 Å². The average Bonchev–Trinajstić information content (AvgIpc) is 3.28. The Morgan fingerprint density at radius 1 is 1.04 bits per heavy atom. The summed E-state index contributed by atoms with van der Waals surface area (Å²) >= 11 is 0. The van der Waals surface area contributed by atoms with E-state index < -0.39 is 24.4 Å². The van der Waals surface area contributed by atoms with Crippen LogP contribution in [0.4, 0.5) is 0 Å². The van der Waals surface area contributed by atoms with Crippen molar-refractivity contribution in [2.75, 3.05) is 13.1 Å². The minimum atomic E-state index is -1.12. The van der Waals surface area contributed by atoms with E-state index in [9.17, 15) is 14.7 Å². The van der Waals surface area contributed by atoms with Gasteiger partial charge in [0.1, 0.15) is 11.9 Å². The number of hydrogen-bond acceptors (Lipinski definition) is 4. The zero-order chi connectivity index (χ0) is 19.7. The summed E-state index contributed by atoms with van der Waals surface area (Å²) in [5.41, 5.74) is 2.09. The number of aliphatic carboxylic acids is 2. The summed E-state index contributed by atoms with van der Waals surface area (Å²) in [6, 6.07) is 19.3. The van der Waals surface area contributed by atoms with Crippen molar-refractivity contribution in [1.29, 1.82) is 0 Å². The second-order valence-electron chi connectivity index (χ2n) is 7.35. The first-order valence-corrected chi connectivity index (χ1v) is 9.40. The van der Waals surface area contributed by atoms with Crippen LogP contribution in [-0.2, 0) is 15.0 Å². The number of carbonyl (C=O) groups is 2. The van der Waals surface area contributed by atoms with Crippen LogP contribution in [0.5, 0.6) is 0 Å². The lowest BCUT2D eigenvalue weighted by atomic mass is 9.85. The second kappa shape index (κ2) is 7.11. The van der Waals surface area contributed by atoms with Crippen LogP contribution in [0.15, 0.2) is 65.7 Å². The van der Waals surface area contributed by atoms with Gasteiger partial charge in [0.15, 0.2) is 0 Å². The van der Waals surface area contributed by atoms with Gasteiger partial charge in [-0.05, 0) is 17.5 Å². The van der Waals surface area contributed by atoms with Gasteiger partial charge in [-0.15, -0.1) is 0 Å². The summed E-state index contributed by atoms with van der Waals surface area (Å²) in [6.07, 6.45) is 0.389. The predicted molar refractivity (Wildman–Crippen MR) is 104 cm³/mol. The van der Waals surface area contributed by atoms with Gasteiger partial charge in [0.25, 0.3) is 0 Å². The number of aliphatic imine (C=N–C) groups is 1. The molecule has 4 rings (SSSR count). The van der Waals surface area contributed by atoms with E-state index in [1.165, 1.54) is 11.1 Å². The Hall–Kier alpha value is -3.15. The largest absolute Gasteiger partial charge is 0.481 e.